The van der Waals surface area contributed by atoms with Gasteiger partial charge in [-0.25, -0.2) is 0 Å². The molecule has 1 aromatic carbocycles. The highest BCUT2D eigenvalue weighted by Gasteiger charge is 2.16. The molecule has 3 rings (SSSR count). The van der Waals surface area contributed by atoms with E-state index in [1.807, 2.05) is 25.4 Å². The molecule has 1 atom stereocenters. The highest BCUT2D eigenvalue weighted by atomic mass is 14.9. The normalized spacial score (nSPS) is 12.5. The zero-order valence-corrected chi connectivity index (χ0v) is 12.4. The van der Waals surface area contributed by atoms with Crippen LogP contribution < -0.4 is 5.32 Å². The Bertz CT molecular complexity index is 730. The zero-order chi connectivity index (χ0) is 14.7. The molecule has 0 aliphatic rings. The van der Waals surface area contributed by atoms with Crippen LogP contribution in [-0.2, 0) is 0 Å². The van der Waals surface area contributed by atoms with Crippen molar-refractivity contribution in [3.05, 3.63) is 71.7 Å². The molecule has 1 unspecified atom stereocenters. The van der Waals surface area contributed by atoms with Gasteiger partial charge < -0.3 is 5.32 Å². The second-order valence-electron chi connectivity index (χ2n) is 5.14. The summed E-state index contributed by atoms with van der Waals surface area (Å²) in [5.74, 6) is 0. The number of rotatable bonds is 4. The van der Waals surface area contributed by atoms with Crippen molar-refractivity contribution in [2.24, 2.45) is 0 Å². The lowest BCUT2D eigenvalue weighted by Crippen LogP contribution is -2.22. The number of hydrogen-bond donors (Lipinski definition) is 1. The van der Waals surface area contributed by atoms with Crippen molar-refractivity contribution in [1.29, 1.82) is 0 Å². The highest BCUT2D eigenvalue weighted by Crippen LogP contribution is 2.27. The minimum Gasteiger partial charge on any atom is -0.306 e. The molecule has 0 aliphatic carbocycles. The van der Waals surface area contributed by atoms with Crippen LogP contribution in [0.15, 0.2) is 54.9 Å². The first kappa shape index (κ1) is 13.7. The zero-order valence-electron chi connectivity index (χ0n) is 12.4. The van der Waals surface area contributed by atoms with Crippen LogP contribution in [-0.4, -0.2) is 16.5 Å². The molecule has 0 aliphatic heterocycles. The molecule has 0 saturated carbocycles. The summed E-state index contributed by atoms with van der Waals surface area (Å²) in [6, 6.07) is 14.7. The number of nitrogens with one attached hydrogen (secondary N) is 1. The lowest BCUT2D eigenvalue weighted by atomic mass is 9.96. The van der Waals surface area contributed by atoms with Crippen molar-refractivity contribution in [3.8, 4) is 0 Å². The molecule has 21 heavy (non-hydrogen) atoms. The summed E-state index contributed by atoms with van der Waals surface area (Å²) in [4.78, 5) is 8.88. The van der Waals surface area contributed by atoms with E-state index in [2.05, 4.69) is 58.6 Å². The number of nitrogens with zero attached hydrogens (tertiary/aromatic N) is 2. The van der Waals surface area contributed by atoms with Gasteiger partial charge in [-0.1, -0.05) is 31.2 Å². The third-order valence-corrected chi connectivity index (χ3v) is 3.67. The Morgan fingerprint density at radius 1 is 1.05 bits per heavy atom. The summed E-state index contributed by atoms with van der Waals surface area (Å²) in [7, 11) is 0. The number of aryl methyl sites for hydroxylation is 1. The van der Waals surface area contributed by atoms with E-state index in [9.17, 15) is 0 Å². The molecule has 1 N–H and O–H groups in total. The molecular weight excluding hydrogens is 258 g/mol. The van der Waals surface area contributed by atoms with Gasteiger partial charge in [-0.05, 0) is 42.8 Å². The largest absolute Gasteiger partial charge is 0.306 e. The van der Waals surface area contributed by atoms with E-state index in [0.717, 1.165) is 17.8 Å². The molecule has 0 bridgehead atoms. The topological polar surface area (TPSA) is 37.8 Å². The smallest absolute Gasteiger partial charge is 0.0705 e. The highest BCUT2D eigenvalue weighted by molar-refractivity contribution is 5.82. The first-order chi connectivity index (χ1) is 10.3. The number of pyridine rings is 2. The van der Waals surface area contributed by atoms with Crippen LogP contribution in [0.5, 0.6) is 0 Å². The Kier molecular flexibility index (Phi) is 3.93. The van der Waals surface area contributed by atoms with Gasteiger partial charge in [0.15, 0.2) is 0 Å². The van der Waals surface area contributed by atoms with Crippen LogP contribution in [0.2, 0.25) is 0 Å². The maximum absolute atomic E-state index is 4.45. The van der Waals surface area contributed by atoms with Gasteiger partial charge in [0.2, 0.25) is 0 Å². The predicted octanol–water partition coefficient (Wildman–Crippen LogP) is 3.64. The maximum atomic E-state index is 4.45. The molecule has 2 heterocycles. The fourth-order valence-corrected chi connectivity index (χ4v) is 2.64. The predicted molar refractivity (Wildman–Crippen MR) is 86.2 cm³/mol. The first-order valence-electron chi connectivity index (χ1n) is 7.29. The Morgan fingerprint density at radius 3 is 2.71 bits per heavy atom. The summed E-state index contributed by atoms with van der Waals surface area (Å²) < 4.78 is 0. The quantitative estimate of drug-likeness (QED) is 0.791. The first-order valence-corrected chi connectivity index (χ1v) is 7.29. The molecule has 0 spiro atoms. The van der Waals surface area contributed by atoms with Crippen LogP contribution in [0.4, 0.5) is 0 Å². The van der Waals surface area contributed by atoms with E-state index in [1.54, 1.807) is 0 Å². The van der Waals surface area contributed by atoms with Crippen molar-refractivity contribution in [3.63, 3.8) is 0 Å². The van der Waals surface area contributed by atoms with Crippen molar-refractivity contribution in [1.82, 2.24) is 15.3 Å². The number of aromatic nitrogens is 2. The van der Waals surface area contributed by atoms with E-state index in [-0.39, 0.29) is 6.04 Å². The Morgan fingerprint density at radius 2 is 1.95 bits per heavy atom. The molecule has 106 valence electrons. The van der Waals surface area contributed by atoms with Crippen LogP contribution in [0, 0.1) is 6.92 Å². The van der Waals surface area contributed by atoms with Gasteiger partial charge >= 0.3 is 0 Å². The average molecular weight is 277 g/mol. The van der Waals surface area contributed by atoms with Gasteiger partial charge in [-0.3, -0.25) is 9.97 Å². The summed E-state index contributed by atoms with van der Waals surface area (Å²) in [5.41, 5.74) is 4.48. The molecule has 0 saturated heterocycles. The van der Waals surface area contributed by atoms with Gasteiger partial charge in [0.1, 0.15) is 0 Å². The minimum absolute atomic E-state index is 0.135. The van der Waals surface area contributed by atoms with Crippen LogP contribution in [0.3, 0.4) is 0 Å². The number of fused-ring (bicyclic) bond motifs is 1. The second kappa shape index (κ2) is 6.02. The second-order valence-corrected chi connectivity index (χ2v) is 5.14. The average Bonchev–Trinajstić information content (AvgIpc) is 2.53. The van der Waals surface area contributed by atoms with E-state index < -0.39 is 0 Å². The molecular formula is C18H19N3. The molecule has 3 heteroatoms. The monoisotopic (exact) mass is 277 g/mol. The molecule has 0 radical (unpaired) electrons. The van der Waals surface area contributed by atoms with Crippen molar-refractivity contribution >= 4 is 10.9 Å². The molecule has 3 aromatic rings. The Balaban J connectivity index is 2.13. The van der Waals surface area contributed by atoms with Crippen molar-refractivity contribution in [2.75, 3.05) is 6.54 Å². The van der Waals surface area contributed by atoms with E-state index in [4.69, 9.17) is 0 Å². The van der Waals surface area contributed by atoms with Gasteiger partial charge in [-0.2, -0.15) is 0 Å². The van der Waals surface area contributed by atoms with E-state index in [0.29, 0.717) is 0 Å². The Hall–Kier alpha value is -2.26. The summed E-state index contributed by atoms with van der Waals surface area (Å²) >= 11 is 0. The SMILES string of the molecule is CCNC(c1ccc(C)nc1)c1cccc2ncccc12. The van der Waals surface area contributed by atoms with Crippen molar-refractivity contribution < 1.29 is 0 Å². The lowest BCUT2D eigenvalue weighted by molar-refractivity contribution is 0.632. The van der Waals surface area contributed by atoms with Crippen molar-refractivity contribution in [2.45, 2.75) is 19.9 Å². The molecule has 0 fully saturated rings. The number of benzene rings is 1. The molecule has 2 aromatic heterocycles. The van der Waals surface area contributed by atoms with Gasteiger partial charge in [0, 0.05) is 23.5 Å². The third-order valence-electron chi connectivity index (χ3n) is 3.67. The van der Waals surface area contributed by atoms with E-state index in [1.165, 1.54) is 16.5 Å². The fourth-order valence-electron chi connectivity index (χ4n) is 2.64. The molecule has 3 nitrogen and oxygen atoms in total. The summed E-state index contributed by atoms with van der Waals surface area (Å²) in [6.07, 6.45) is 3.79. The summed E-state index contributed by atoms with van der Waals surface area (Å²) in [6.45, 7) is 5.03. The lowest BCUT2D eigenvalue weighted by Gasteiger charge is -2.20. The fraction of sp³-hybridized carbons (Fsp3) is 0.222. The standard InChI is InChI=1S/C18H19N3/c1-3-19-18(14-10-9-13(2)21-12-14)16-6-4-8-17-15(16)7-5-11-20-17/h4-12,18-19H,3H2,1-2H3. The van der Waals surface area contributed by atoms with Crippen LogP contribution >= 0.6 is 0 Å². The van der Waals surface area contributed by atoms with Gasteiger partial charge in [0.25, 0.3) is 0 Å². The number of hydrogen-bond acceptors (Lipinski definition) is 3. The summed E-state index contributed by atoms with van der Waals surface area (Å²) in [5, 5.41) is 4.75. The minimum atomic E-state index is 0.135. The van der Waals surface area contributed by atoms with Crippen LogP contribution in [0.25, 0.3) is 10.9 Å². The maximum Gasteiger partial charge on any atom is 0.0705 e. The molecule has 0 amide bonds. The Labute approximate surface area is 125 Å². The van der Waals surface area contributed by atoms with E-state index >= 15 is 0 Å². The third kappa shape index (κ3) is 2.78. The van der Waals surface area contributed by atoms with Crippen LogP contribution in [0.1, 0.15) is 29.8 Å². The van der Waals surface area contributed by atoms with Gasteiger partial charge in [0.05, 0.1) is 11.6 Å². The van der Waals surface area contributed by atoms with Gasteiger partial charge in [-0.15, -0.1) is 0 Å².